The molecule has 20 heavy (non-hydrogen) atoms. The summed E-state index contributed by atoms with van der Waals surface area (Å²) in [4.78, 5) is 14.8. The monoisotopic (exact) mass is 272 g/mol. The lowest BCUT2D eigenvalue weighted by Crippen LogP contribution is -2.70. The molecule has 0 aromatic carbocycles. The standard InChI is InChI=1S/C17H24N2O/c1-4-7-12-10-11(3)19-16(13(12)5-2)14-8-6-9-15(18-14)17(19)20/h4-5,7,11,14-16,18H,2,6,8-10H2,1,3H3/b7-4-/t11-,14+,15-,16+/m1/s1. The Bertz CT molecular complexity index is 491. The van der Waals surface area contributed by atoms with Crippen LogP contribution in [0.3, 0.4) is 0 Å². The highest BCUT2D eigenvalue weighted by molar-refractivity contribution is 5.85. The number of piperidine rings is 1. The molecular formula is C17H24N2O. The second-order valence-corrected chi connectivity index (χ2v) is 6.18. The second-order valence-electron chi connectivity index (χ2n) is 6.18. The third kappa shape index (κ3) is 1.96. The van der Waals surface area contributed by atoms with Gasteiger partial charge in [-0.3, -0.25) is 4.79 Å². The van der Waals surface area contributed by atoms with Gasteiger partial charge in [0.05, 0.1) is 12.1 Å². The molecule has 3 rings (SSSR count). The highest BCUT2D eigenvalue weighted by Gasteiger charge is 2.47. The summed E-state index contributed by atoms with van der Waals surface area (Å²) >= 11 is 0. The Morgan fingerprint density at radius 1 is 1.40 bits per heavy atom. The molecule has 0 unspecified atom stereocenters. The number of nitrogens with zero attached hydrogens (tertiary/aromatic N) is 1. The normalized spacial score (nSPS) is 37.3. The van der Waals surface area contributed by atoms with Gasteiger partial charge in [0.25, 0.3) is 0 Å². The summed E-state index contributed by atoms with van der Waals surface area (Å²) in [6.07, 6.45) is 10.5. The summed E-state index contributed by atoms with van der Waals surface area (Å²) in [6.45, 7) is 8.23. The molecule has 2 saturated heterocycles. The van der Waals surface area contributed by atoms with Gasteiger partial charge in [-0.25, -0.2) is 0 Å². The zero-order valence-electron chi connectivity index (χ0n) is 12.4. The van der Waals surface area contributed by atoms with Crippen molar-refractivity contribution in [2.24, 2.45) is 0 Å². The minimum absolute atomic E-state index is 0.0433. The van der Waals surface area contributed by atoms with Gasteiger partial charge in [-0.05, 0) is 50.7 Å². The number of piperazine rings is 1. The summed E-state index contributed by atoms with van der Waals surface area (Å²) in [6, 6.07) is 0.892. The largest absolute Gasteiger partial charge is 0.330 e. The third-order valence-corrected chi connectivity index (χ3v) is 4.92. The van der Waals surface area contributed by atoms with Gasteiger partial charge in [0.1, 0.15) is 0 Å². The molecular weight excluding hydrogens is 248 g/mol. The van der Waals surface area contributed by atoms with E-state index in [0.29, 0.717) is 6.04 Å². The van der Waals surface area contributed by atoms with E-state index >= 15 is 0 Å². The second kappa shape index (κ2) is 5.21. The van der Waals surface area contributed by atoms with Crippen molar-refractivity contribution in [3.8, 4) is 0 Å². The Kier molecular flexibility index (Phi) is 3.55. The number of rotatable bonds is 2. The van der Waals surface area contributed by atoms with Gasteiger partial charge < -0.3 is 10.2 Å². The maximum Gasteiger partial charge on any atom is 0.240 e. The molecule has 0 spiro atoms. The van der Waals surface area contributed by atoms with Gasteiger partial charge in [0.2, 0.25) is 5.91 Å². The number of allylic oxidation sites excluding steroid dienone is 2. The van der Waals surface area contributed by atoms with E-state index in [1.807, 2.05) is 13.0 Å². The Labute approximate surface area is 121 Å². The molecule has 3 heteroatoms. The van der Waals surface area contributed by atoms with E-state index < -0.39 is 0 Å². The van der Waals surface area contributed by atoms with Crippen LogP contribution in [0.5, 0.6) is 0 Å². The first-order valence-corrected chi connectivity index (χ1v) is 7.73. The van der Waals surface area contributed by atoms with E-state index in [0.717, 1.165) is 25.7 Å². The van der Waals surface area contributed by atoms with Gasteiger partial charge in [-0.15, -0.1) is 0 Å². The predicted octanol–water partition coefficient (Wildman–Crippen LogP) is 2.56. The number of carbonyl (C=O) groups is 1. The van der Waals surface area contributed by atoms with Crippen molar-refractivity contribution < 1.29 is 4.79 Å². The first-order chi connectivity index (χ1) is 9.67. The Morgan fingerprint density at radius 2 is 2.20 bits per heavy atom. The van der Waals surface area contributed by atoms with E-state index in [-0.39, 0.29) is 24.0 Å². The van der Waals surface area contributed by atoms with Crippen LogP contribution in [0.15, 0.2) is 36.0 Å². The molecule has 1 N–H and O–H groups in total. The smallest absolute Gasteiger partial charge is 0.240 e. The van der Waals surface area contributed by atoms with Crippen molar-refractivity contribution in [3.05, 3.63) is 36.0 Å². The highest BCUT2D eigenvalue weighted by atomic mass is 16.2. The van der Waals surface area contributed by atoms with E-state index in [9.17, 15) is 4.79 Å². The van der Waals surface area contributed by atoms with Crippen LogP contribution in [0.1, 0.15) is 39.5 Å². The molecule has 3 heterocycles. The molecule has 3 aliphatic heterocycles. The maximum atomic E-state index is 12.7. The number of hydrogen-bond donors (Lipinski definition) is 1. The molecule has 2 fully saturated rings. The topological polar surface area (TPSA) is 32.3 Å². The molecule has 0 radical (unpaired) electrons. The van der Waals surface area contributed by atoms with E-state index in [1.165, 1.54) is 11.1 Å². The summed E-state index contributed by atoms with van der Waals surface area (Å²) < 4.78 is 0. The average molecular weight is 272 g/mol. The Morgan fingerprint density at radius 3 is 2.90 bits per heavy atom. The molecule has 1 amide bonds. The van der Waals surface area contributed by atoms with Crippen molar-refractivity contribution in [2.45, 2.75) is 63.7 Å². The van der Waals surface area contributed by atoms with Crippen molar-refractivity contribution >= 4 is 5.91 Å². The number of amides is 1. The van der Waals surface area contributed by atoms with Crippen molar-refractivity contribution in [3.63, 3.8) is 0 Å². The Hall–Kier alpha value is -1.35. The van der Waals surface area contributed by atoms with Crippen LogP contribution in [-0.2, 0) is 4.79 Å². The van der Waals surface area contributed by atoms with Crippen LogP contribution in [-0.4, -0.2) is 35.0 Å². The van der Waals surface area contributed by atoms with Crippen LogP contribution in [0.25, 0.3) is 0 Å². The fourth-order valence-corrected chi connectivity index (χ4v) is 4.12. The number of fused-ring (bicyclic) bond motifs is 4. The highest BCUT2D eigenvalue weighted by Crippen LogP contribution is 2.38. The number of hydrogen-bond acceptors (Lipinski definition) is 2. The Balaban J connectivity index is 2.07. The molecule has 2 bridgehead atoms. The van der Waals surface area contributed by atoms with Crippen LogP contribution >= 0.6 is 0 Å². The molecule has 3 nitrogen and oxygen atoms in total. The van der Waals surface area contributed by atoms with Crippen LogP contribution < -0.4 is 5.32 Å². The van der Waals surface area contributed by atoms with Crippen molar-refractivity contribution in [1.82, 2.24) is 10.2 Å². The van der Waals surface area contributed by atoms with Crippen molar-refractivity contribution in [1.29, 1.82) is 0 Å². The van der Waals surface area contributed by atoms with E-state index in [2.05, 4.69) is 35.9 Å². The first-order valence-electron chi connectivity index (χ1n) is 7.73. The van der Waals surface area contributed by atoms with Crippen molar-refractivity contribution in [2.75, 3.05) is 0 Å². The fourth-order valence-electron chi connectivity index (χ4n) is 4.12. The quantitative estimate of drug-likeness (QED) is 0.838. The van der Waals surface area contributed by atoms with E-state index in [4.69, 9.17) is 0 Å². The van der Waals surface area contributed by atoms with Gasteiger partial charge in [0.15, 0.2) is 0 Å². The summed E-state index contributed by atoms with van der Waals surface area (Å²) in [7, 11) is 0. The molecule has 4 atom stereocenters. The minimum atomic E-state index is 0.0433. The van der Waals surface area contributed by atoms with Gasteiger partial charge >= 0.3 is 0 Å². The lowest BCUT2D eigenvalue weighted by atomic mass is 9.78. The van der Waals surface area contributed by atoms with Gasteiger partial charge in [0, 0.05) is 12.1 Å². The minimum Gasteiger partial charge on any atom is -0.330 e. The molecule has 108 valence electrons. The maximum absolute atomic E-state index is 12.7. The summed E-state index contributed by atoms with van der Waals surface area (Å²) in [5.41, 5.74) is 2.59. The third-order valence-electron chi connectivity index (χ3n) is 4.92. The zero-order chi connectivity index (χ0) is 14.3. The van der Waals surface area contributed by atoms with Crippen LogP contribution in [0, 0.1) is 0 Å². The summed E-state index contributed by atoms with van der Waals surface area (Å²) in [5.74, 6) is 0.289. The summed E-state index contributed by atoms with van der Waals surface area (Å²) in [5, 5.41) is 3.55. The first kappa shape index (κ1) is 13.6. The molecule has 0 aromatic rings. The molecule has 0 aliphatic carbocycles. The molecule has 0 saturated carbocycles. The zero-order valence-corrected chi connectivity index (χ0v) is 12.4. The predicted molar refractivity (Wildman–Crippen MR) is 81.3 cm³/mol. The molecule has 3 aliphatic rings. The lowest BCUT2D eigenvalue weighted by molar-refractivity contribution is -0.144. The van der Waals surface area contributed by atoms with Gasteiger partial charge in [-0.2, -0.15) is 0 Å². The van der Waals surface area contributed by atoms with Crippen LogP contribution in [0.2, 0.25) is 0 Å². The lowest BCUT2D eigenvalue weighted by Gasteiger charge is -2.53. The van der Waals surface area contributed by atoms with E-state index in [1.54, 1.807) is 0 Å². The van der Waals surface area contributed by atoms with Crippen LogP contribution in [0.4, 0.5) is 0 Å². The SMILES string of the molecule is C=CC1=C(/C=C\C)C[C@@H](C)N2C(=O)[C@H]3CCC[C@H](N3)[C@H]12. The van der Waals surface area contributed by atoms with Gasteiger partial charge in [-0.1, -0.05) is 24.8 Å². The average Bonchev–Trinajstić information content (AvgIpc) is 2.45. The fraction of sp³-hybridized carbons (Fsp3) is 0.588. The number of carbonyl (C=O) groups excluding carboxylic acids is 1. The number of nitrogens with one attached hydrogen (secondary N) is 1. The molecule has 0 aromatic heterocycles.